The minimum atomic E-state index is -2.13. The molecular formula is C25H27NO6. The van der Waals surface area contributed by atoms with Gasteiger partial charge in [0.2, 0.25) is 0 Å². The van der Waals surface area contributed by atoms with Gasteiger partial charge < -0.3 is 23.6 Å². The van der Waals surface area contributed by atoms with Crippen LogP contribution in [0.4, 0.5) is 0 Å². The molecular weight excluding hydrogens is 410 g/mol. The van der Waals surface area contributed by atoms with Crippen LogP contribution in [0.2, 0.25) is 0 Å². The number of carboxylic acid groups (broad SMARTS) is 1. The fourth-order valence-electron chi connectivity index (χ4n) is 3.33. The van der Waals surface area contributed by atoms with Gasteiger partial charge in [-0.1, -0.05) is 18.2 Å². The van der Waals surface area contributed by atoms with E-state index in [4.69, 9.17) is 21.4 Å². The molecule has 4 rings (SSSR count). The van der Waals surface area contributed by atoms with E-state index in [0.717, 1.165) is 0 Å². The number of rotatable bonds is 12. The molecule has 1 aliphatic rings. The number of carboxylic acids is 1. The lowest BCUT2D eigenvalue weighted by molar-refractivity contribution is -0.137. The number of ether oxygens (including phenoxy) is 1. The van der Waals surface area contributed by atoms with Gasteiger partial charge in [0, 0.05) is 24.1 Å². The van der Waals surface area contributed by atoms with Crippen LogP contribution in [-0.2, 0) is 11.3 Å². The third-order valence-corrected chi connectivity index (χ3v) is 5.17. The van der Waals surface area contributed by atoms with Crippen LogP contribution in [0.3, 0.4) is 0 Å². The van der Waals surface area contributed by atoms with Gasteiger partial charge in [0.05, 0.1) is 27.7 Å². The molecule has 1 saturated carbocycles. The summed E-state index contributed by atoms with van der Waals surface area (Å²) in [6, 6.07) is 11.6. The lowest BCUT2D eigenvalue weighted by atomic mass is 10.1. The molecule has 32 heavy (non-hydrogen) atoms. The van der Waals surface area contributed by atoms with E-state index in [0.29, 0.717) is 55.8 Å². The predicted molar refractivity (Wildman–Crippen MR) is 117 cm³/mol. The van der Waals surface area contributed by atoms with Gasteiger partial charge in [0.15, 0.2) is 5.76 Å². The normalized spacial score (nSPS) is 14.5. The first-order valence-corrected chi connectivity index (χ1v) is 10.8. The average Bonchev–Trinajstić information content (AvgIpc) is 3.27. The van der Waals surface area contributed by atoms with Gasteiger partial charge in [0.1, 0.15) is 17.8 Å². The van der Waals surface area contributed by atoms with Crippen molar-refractivity contribution in [2.24, 2.45) is 0 Å². The van der Waals surface area contributed by atoms with Gasteiger partial charge >= 0.3 is 5.97 Å². The molecule has 1 aromatic carbocycles. The fourth-order valence-corrected chi connectivity index (χ4v) is 3.33. The Balaban J connectivity index is 1.50. The molecule has 0 radical (unpaired) electrons. The molecule has 7 nitrogen and oxygen atoms in total. The highest BCUT2D eigenvalue weighted by Gasteiger charge is 2.35. The molecule has 7 heteroatoms. The van der Waals surface area contributed by atoms with E-state index in [1.165, 1.54) is 17.4 Å². The summed E-state index contributed by atoms with van der Waals surface area (Å²) in [4.78, 5) is 25.3. The molecule has 2 aromatic heterocycles. The molecule has 0 aliphatic heterocycles. The number of unbranched alkanes of at least 4 members (excludes halogenated alkanes) is 2. The van der Waals surface area contributed by atoms with Crippen molar-refractivity contribution in [1.82, 2.24) is 4.90 Å². The zero-order chi connectivity index (χ0) is 24.1. The number of nitrogens with zero attached hydrogens (tertiary/aromatic N) is 1. The van der Waals surface area contributed by atoms with Crippen LogP contribution in [0, 0.1) is 0 Å². The Kier molecular flexibility index (Phi) is 6.14. The number of carbonyl (C=O) groups is 2. The van der Waals surface area contributed by atoms with Gasteiger partial charge in [0.25, 0.3) is 5.91 Å². The highest BCUT2D eigenvalue weighted by molar-refractivity contribution is 5.93. The Labute approximate surface area is 189 Å². The molecule has 168 valence electrons. The van der Waals surface area contributed by atoms with Crippen LogP contribution >= 0.6 is 0 Å². The van der Waals surface area contributed by atoms with Crippen LogP contribution in [0.25, 0.3) is 11.3 Å². The number of hydrogen-bond donors (Lipinski definition) is 1. The Morgan fingerprint density at radius 1 is 1.12 bits per heavy atom. The summed E-state index contributed by atoms with van der Waals surface area (Å²) in [6.07, 6.45) is 6.41. The number of amides is 1. The van der Waals surface area contributed by atoms with E-state index in [9.17, 15) is 9.59 Å². The molecule has 3 aromatic rings. The molecule has 1 aliphatic carbocycles. The lowest BCUT2D eigenvalue weighted by Gasteiger charge is -2.23. The minimum Gasteiger partial charge on any atom is -0.493 e. The van der Waals surface area contributed by atoms with Gasteiger partial charge in [-0.05, 0) is 50.3 Å². The second kappa shape index (κ2) is 10.2. The van der Waals surface area contributed by atoms with Gasteiger partial charge in [-0.3, -0.25) is 9.59 Å². The van der Waals surface area contributed by atoms with Crippen molar-refractivity contribution in [3.05, 3.63) is 66.3 Å². The Hall–Kier alpha value is -3.48. The van der Waals surface area contributed by atoms with Crippen molar-refractivity contribution in [3.8, 4) is 17.1 Å². The summed E-state index contributed by atoms with van der Waals surface area (Å²) in [7, 11) is 0. The molecule has 1 amide bonds. The highest BCUT2D eigenvalue weighted by atomic mass is 16.5. The van der Waals surface area contributed by atoms with Crippen molar-refractivity contribution in [2.75, 3.05) is 6.61 Å². The maximum absolute atomic E-state index is 13.4. The quantitative estimate of drug-likeness (QED) is 0.382. The van der Waals surface area contributed by atoms with Gasteiger partial charge in [-0.25, -0.2) is 0 Å². The molecule has 0 saturated heterocycles. The number of aliphatic carboxylic acids is 1. The summed E-state index contributed by atoms with van der Waals surface area (Å²) in [5.74, 6) is -0.393. The largest absolute Gasteiger partial charge is 0.493 e. The number of furan rings is 2. The van der Waals surface area contributed by atoms with Crippen LogP contribution < -0.4 is 4.74 Å². The molecule has 1 fully saturated rings. The number of benzene rings is 1. The van der Waals surface area contributed by atoms with E-state index in [1.807, 2.05) is 0 Å². The summed E-state index contributed by atoms with van der Waals surface area (Å²) >= 11 is 0. The third kappa shape index (κ3) is 5.60. The van der Waals surface area contributed by atoms with E-state index in [-0.39, 0.29) is 23.8 Å². The third-order valence-electron chi connectivity index (χ3n) is 5.17. The summed E-state index contributed by atoms with van der Waals surface area (Å²) in [6.45, 7) is -1.80. The second-order valence-corrected chi connectivity index (χ2v) is 7.74. The highest BCUT2D eigenvalue weighted by Crippen LogP contribution is 2.33. The van der Waals surface area contributed by atoms with E-state index in [2.05, 4.69) is 0 Å². The zero-order valence-electron chi connectivity index (χ0n) is 19.7. The van der Waals surface area contributed by atoms with Gasteiger partial charge in [-0.2, -0.15) is 0 Å². The van der Waals surface area contributed by atoms with Crippen LogP contribution in [0.5, 0.6) is 5.75 Å². The standard InChI is InChI=1S/C25H27NO6/c27-24(28)10-2-1-5-13-30-21-8-4-3-7-18(21)16-26(20-11-12-20)25(29)23-15-19(17-32-23)22-9-6-14-31-22/h3-4,6-9,14-15,17,20H,1-2,5,10-13,16H2,(H,27,28)/i16D2. The Morgan fingerprint density at radius 3 is 2.72 bits per heavy atom. The van der Waals surface area contributed by atoms with E-state index < -0.39 is 18.4 Å². The zero-order valence-corrected chi connectivity index (χ0v) is 17.7. The maximum atomic E-state index is 13.4. The minimum absolute atomic E-state index is 0.0407. The van der Waals surface area contributed by atoms with Crippen molar-refractivity contribution in [1.29, 1.82) is 0 Å². The maximum Gasteiger partial charge on any atom is 0.303 e. The molecule has 0 bridgehead atoms. The fraction of sp³-hybridized carbons (Fsp3) is 0.360. The molecule has 1 N–H and O–H groups in total. The van der Waals surface area contributed by atoms with Gasteiger partial charge in [-0.15, -0.1) is 0 Å². The van der Waals surface area contributed by atoms with Crippen LogP contribution in [-0.4, -0.2) is 34.5 Å². The van der Waals surface area contributed by atoms with Crippen LogP contribution in [0.1, 0.15) is 57.4 Å². The first-order valence-electron chi connectivity index (χ1n) is 11.8. The second-order valence-electron chi connectivity index (χ2n) is 7.74. The lowest BCUT2D eigenvalue weighted by Crippen LogP contribution is -2.32. The molecule has 0 spiro atoms. The number of hydrogen-bond acceptors (Lipinski definition) is 5. The monoisotopic (exact) mass is 439 g/mol. The smallest absolute Gasteiger partial charge is 0.303 e. The topological polar surface area (TPSA) is 93.1 Å². The van der Waals surface area contributed by atoms with Crippen molar-refractivity contribution in [3.63, 3.8) is 0 Å². The van der Waals surface area contributed by atoms with E-state index in [1.54, 1.807) is 42.5 Å². The summed E-state index contributed by atoms with van der Waals surface area (Å²) in [5, 5.41) is 8.74. The van der Waals surface area contributed by atoms with Crippen molar-refractivity contribution < 1.29 is 31.0 Å². The number of carbonyl (C=O) groups excluding carboxylic acids is 1. The Morgan fingerprint density at radius 2 is 1.97 bits per heavy atom. The average molecular weight is 440 g/mol. The molecule has 2 heterocycles. The summed E-state index contributed by atoms with van der Waals surface area (Å²) < 4.78 is 34.6. The predicted octanol–water partition coefficient (Wildman–Crippen LogP) is 5.37. The first-order chi connectivity index (χ1) is 16.4. The molecule has 0 atom stereocenters. The SMILES string of the molecule is [2H]C([2H])(c1ccccc1OCCCCCC(=O)O)N(C(=O)c1cc(-c2ccco2)co1)C1CC1. The van der Waals surface area contributed by atoms with Crippen molar-refractivity contribution in [2.45, 2.75) is 51.1 Å². The van der Waals surface area contributed by atoms with E-state index >= 15 is 0 Å². The van der Waals surface area contributed by atoms with Crippen molar-refractivity contribution >= 4 is 11.9 Å². The first kappa shape index (κ1) is 19.2. The Bertz CT molecular complexity index is 1120. The van der Waals surface area contributed by atoms with Crippen LogP contribution in [0.15, 0.2) is 63.8 Å². The molecule has 0 unspecified atom stereocenters. The number of para-hydroxylation sites is 1. The summed E-state index contributed by atoms with van der Waals surface area (Å²) in [5.41, 5.74) is 0.870.